The van der Waals surface area contributed by atoms with Gasteiger partial charge in [-0.15, -0.1) is 0 Å². The topological polar surface area (TPSA) is 87.3 Å². The van der Waals surface area contributed by atoms with Crippen molar-refractivity contribution < 1.29 is 13.2 Å². The van der Waals surface area contributed by atoms with E-state index in [-0.39, 0.29) is 17.7 Å². The molecule has 1 aromatic rings. The van der Waals surface area contributed by atoms with Crippen molar-refractivity contribution in [1.82, 2.24) is 10.6 Å². The van der Waals surface area contributed by atoms with E-state index in [1.807, 2.05) is 0 Å². The quantitative estimate of drug-likeness (QED) is 0.736. The Morgan fingerprint density at radius 2 is 2.14 bits per heavy atom. The summed E-state index contributed by atoms with van der Waals surface area (Å²) in [6.45, 7) is 3.52. The SMILES string of the molecule is CCCS(=O)(=O)Nc1ccccc1C(=O)NC1CCCNC1. The number of sulfonamides is 1. The fraction of sp³-hybridized carbons (Fsp3) is 0.533. The van der Waals surface area contributed by atoms with E-state index in [2.05, 4.69) is 15.4 Å². The van der Waals surface area contributed by atoms with Crippen LogP contribution in [-0.4, -0.2) is 39.2 Å². The lowest BCUT2D eigenvalue weighted by molar-refractivity contribution is 0.0931. The Morgan fingerprint density at radius 1 is 1.36 bits per heavy atom. The Morgan fingerprint density at radius 3 is 2.82 bits per heavy atom. The van der Waals surface area contributed by atoms with Gasteiger partial charge in [-0.25, -0.2) is 8.42 Å². The van der Waals surface area contributed by atoms with Crippen LogP contribution in [0.5, 0.6) is 0 Å². The largest absolute Gasteiger partial charge is 0.348 e. The minimum atomic E-state index is -3.42. The van der Waals surface area contributed by atoms with E-state index in [4.69, 9.17) is 0 Å². The van der Waals surface area contributed by atoms with Crippen LogP contribution in [-0.2, 0) is 10.0 Å². The van der Waals surface area contributed by atoms with Gasteiger partial charge in [0.2, 0.25) is 10.0 Å². The van der Waals surface area contributed by atoms with Gasteiger partial charge in [0.15, 0.2) is 0 Å². The number of carbonyl (C=O) groups is 1. The first-order chi connectivity index (χ1) is 10.5. The molecule has 1 saturated heterocycles. The highest BCUT2D eigenvalue weighted by molar-refractivity contribution is 7.92. The van der Waals surface area contributed by atoms with Crippen molar-refractivity contribution in [3.05, 3.63) is 29.8 Å². The van der Waals surface area contributed by atoms with Crippen LogP contribution in [0.4, 0.5) is 5.69 Å². The van der Waals surface area contributed by atoms with Gasteiger partial charge in [-0.1, -0.05) is 19.1 Å². The smallest absolute Gasteiger partial charge is 0.253 e. The Kier molecular flexibility index (Phi) is 5.79. The molecule has 0 saturated carbocycles. The second kappa shape index (κ2) is 7.60. The minimum Gasteiger partial charge on any atom is -0.348 e. The van der Waals surface area contributed by atoms with Gasteiger partial charge >= 0.3 is 0 Å². The van der Waals surface area contributed by atoms with Crippen LogP contribution in [0.2, 0.25) is 0 Å². The molecule has 0 radical (unpaired) electrons. The lowest BCUT2D eigenvalue weighted by Crippen LogP contribution is -2.45. The van der Waals surface area contributed by atoms with Crippen molar-refractivity contribution in [3.8, 4) is 0 Å². The molecule has 1 aromatic carbocycles. The summed E-state index contributed by atoms with van der Waals surface area (Å²) >= 11 is 0. The predicted molar refractivity (Wildman–Crippen MR) is 87.5 cm³/mol. The van der Waals surface area contributed by atoms with E-state index in [1.54, 1.807) is 31.2 Å². The lowest BCUT2D eigenvalue weighted by atomic mass is 10.1. The standard InChI is InChI=1S/C15H23N3O3S/c1-2-10-22(20,21)18-14-8-4-3-7-13(14)15(19)17-12-6-5-9-16-11-12/h3-4,7-8,12,16,18H,2,5-6,9-11H2,1H3,(H,17,19). The molecule has 122 valence electrons. The fourth-order valence-electron chi connectivity index (χ4n) is 2.50. The number of benzene rings is 1. The molecule has 1 atom stereocenters. The van der Waals surface area contributed by atoms with E-state index in [9.17, 15) is 13.2 Å². The van der Waals surface area contributed by atoms with Gasteiger partial charge < -0.3 is 10.6 Å². The van der Waals surface area contributed by atoms with Crippen LogP contribution >= 0.6 is 0 Å². The predicted octanol–water partition coefficient (Wildman–Crippen LogP) is 1.32. The van der Waals surface area contributed by atoms with Crippen molar-refractivity contribution in [1.29, 1.82) is 0 Å². The van der Waals surface area contributed by atoms with E-state index in [0.29, 0.717) is 17.7 Å². The first-order valence-corrected chi connectivity index (χ1v) is 9.28. The van der Waals surface area contributed by atoms with Crippen LogP contribution < -0.4 is 15.4 Å². The first kappa shape index (κ1) is 16.8. The maximum atomic E-state index is 12.4. The average Bonchev–Trinajstić information content (AvgIpc) is 2.48. The number of para-hydroxylation sites is 1. The Hall–Kier alpha value is -1.60. The van der Waals surface area contributed by atoms with Gasteiger partial charge in [0.25, 0.3) is 5.91 Å². The fourth-order valence-corrected chi connectivity index (χ4v) is 3.65. The number of rotatable bonds is 6. The molecule has 0 bridgehead atoms. The molecule has 6 nitrogen and oxygen atoms in total. The molecular formula is C15H23N3O3S. The molecule has 3 N–H and O–H groups in total. The van der Waals surface area contributed by atoms with Crippen LogP contribution in [0.25, 0.3) is 0 Å². The summed E-state index contributed by atoms with van der Waals surface area (Å²) in [6.07, 6.45) is 2.48. The summed E-state index contributed by atoms with van der Waals surface area (Å²) < 4.78 is 26.3. The number of anilines is 1. The molecule has 1 heterocycles. The maximum absolute atomic E-state index is 12.4. The zero-order valence-corrected chi connectivity index (χ0v) is 13.6. The highest BCUT2D eigenvalue weighted by Gasteiger charge is 2.19. The summed E-state index contributed by atoms with van der Waals surface area (Å²) in [7, 11) is -3.42. The summed E-state index contributed by atoms with van der Waals surface area (Å²) in [5.41, 5.74) is 0.685. The summed E-state index contributed by atoms with van der Waals surface area (Å²) in [5.74, 6) is -0.210. The van der Waals surface area contributed by atoms with E-state index < -0.39 is 10.0 Å². The molecule has 0 spiro atoms. The third-order valence-corrected chi connectivity index (χ3v) is 5.02. The van der Waals surface area contributed by atoms with Gasteiger partial charge in [-0.2, -0.15) is 0 Å². The molecule has 0 aromatic heterocycles. The molecule has 0 aliphatic carbocycles. The third kappa shape index (κ3) is 4.71. The van der Waals surface area contributed by atoms with Crippen molar-refractivity contribution in [2.75, 3.05) is 23.6 Å². The highest BCUT2D eigenvalue weighted by Crippen LogP contribution is 2.17. The van der Waals surface area contributed by atoms with Crippen molar-refractivity contribution in [2.24, 2.45) is 0 Å². The molecule has 1 aliphatic rings. The molecule has 1 unspecified atom stereocenters. The highest BCUT2D eigenvalue weighted by atomic mass is 32.2. The number of nitrogens with one attached hydrogen (secondary N) is 3. The summed E-state index contributed by atoms with van der Waals surface area (Å²) in [6, 6.07) is 6.77. The van der Waals surface area contributed by atoms with Crippen LogP contribution in [0.1, 0.15) is 36.5 Å². The third-order valence-electron chi connectivity index (χ3n) is 3.54. The number of amides is 1. The second-order valence-corrected chi connectivity index (χ2v) is 7.33. The first-order valence-electron chi connectivity index (χ1n) is 7.63. The van der Waals surface area contributed by atoms with E-state index in [1.165, 1.54) is 0 Å². The molecule has 7 heteroatoms. The molecule has 1 aliphatic heterocycles. The van der Waals surface area contributed by atoms with E-state index in [0.717, 1.165) is 25.9 Å². The minimum absolute atomic E-state index is 0.0372. The average molecular weight is 325 g/mol. The van der Waals surface area contributed by atoms with Crippen LogP contribution in [0, 0.1) is 0 Å². The van der Waals surface area contributed by atoms with Gasteiger partial charge in [0, 0.05) is 12.6 Å². The zero-order valence-electron chi connectivity index (χ0n) is 12.8. The van der Waals surface area contributed by atoms with Crippen molar-refractivity contribution >= 4 is 21.6 Å². The summed E-state index contributed by atoms with van der Waals surface area (Å²) in [4.78, 5) is 12.4. The van der Waals surface area contributed by atoms with Gasteiger partial charge in [-0.05, 0) is 37.9 Å². The Balaban J connectivity index is 2.11. The van der Waals surface area contributed by atoms with E-state index >= 15 is 0 Å². The van der Waals surface area contributed by atoms with Crippen molar-refractivity contribution in [3.63, 3.8) is 0 Å². The molecule has 1 amide bonds. The normalized spacial score (nSPS) is 18.7. The Labute approximate surface area is 131 Å². The van der Waals surface area contributed by atoms with Gasteiger partial charge in [0.1, 0.15) is 0 Å². The number of hydrogen-bond donors (Lipinski definition) is 3. The maximum Gasteiger partial charge on any atom is 0.253 e. The van der Waals surface area contributed by atoms with Gasteiger partial charge in [-0.3, -0.25) is 9.52 Å². The van der Waals surface area contributed by atoms with Crippen LogP contribution in [0.15, 0.2) is 24.3 Å². The van der Waals surface area contributed by atoms with Gasteiger partial charge in [0.05, 0.1) is 17.0 Å². The molecule has 1 fully saturated rings. The molecular weight excluding hydrogens is 302 g/mol. The molecule has 22 heavy (non-hydrogen) atoms. The van der Waals surface area contributed by atoms with Crippen molar-refractivity contribution in [2.45, 2.75) is 32.2 Å². The second-order valence-electron chi connectivity index (χ2n) is 5.48. The summed E-state index contributed by atoms with van der Waals surface area (Å²) in [5, 5.41) is 6.19. The Bertz CT molecular complexity index is 610. The zero-order chi connectivity index (χ0) is 16.0. The molecule has 2 rings (SSSR count). The van der Waals surface area contributed by atoms with Crippen LogP contribution in [0.3, 0.4) is 0 Å². The monoisotopic (exact) mass is 325 g/mol. The number of hydrogen-bond acceptors (Lipinski definition) is 4. The number of carbonyl (C=O) groups excluding carboxylic acids is 1. The lowest BCUT2D eigenvalue weighted by Gasteiger charge is -2.24. The number of piperidine rings is 1.